The van der Waals surface area contributed by atoms with Crippen molar-refractivity contribution in [1.29, 1.82) is 0 Å². The molecule has 2 heterocycles. The van der Waals surface area contributed by atoms with Gasteiger partial charge in [-0.2, -0.15) is 0 Å². The van der Waals surface area contributed by atoms with Gasteiger partial charge in [0.15, 0.2) is 11.5 Å². The maximum absolute atomic E-state index is 11.8. The number of fused-ring (bicyclic) bond motifs is 1. The number of halogens is 1. The van der Waals surface area contributed by atoms with Crippen LogP contribution in [-0.2, 0) is 6.54 Å². The van der Waals surface area contributed by atoms with Crippen LogP contribution in [0.5, 0.6) is 11.5 Å². The number of nitrogens with one attached hydrogen (secondary N) is 2. The zero-order valence-electron chi connectivity index (χ0n) is 10.3. The van der Waals surface area contributed by atoms with Crippen molar-refractivity contribution in [3.05, 3.63) is 41.3 Å². The van der Waals surface area contributed by atoms with Gasteiger partial charge in [0, 0.05) is 12.1 Å². The van der Waals surface area contributed by atoms with Gasteiger partial charge in [-0.05, 0) is 12.1 Å². The van der Waals surface area contributed by atoms with Gasteiger partial charge in [0.1, 0.15) is 5.76 Å². The Hall–Kier alpha value is -2.34. The van der Waals surface area contributed by atoms with Crippen LogP contribution in [0.25, 0.3) is 0 Å². The molecule has 1 aliphatic heterocycles. The van der Waals surface area contributed by atoms with E-state index in [1.165, 1.54) is 0 Å². The zero-order chi connectivity index (χ0) is 13.9. The lowest BCUT2D eigenvalue weighted by Crippen LogP contribution is -2.28. The van der Waals surface area contributed by atoms with Crippen molar-refractivity contribution in [1.82, 2.24) is 5.32 Å². The number of carbonyl (C=O) groups is 1. The monoisotopic (exact) mass is 294 g/mol. The molecule has 7 heteroatoms. The number of rotatable bonds is 3. The molecular formula is C13H11ClN2O4. The van der Waals surface area contributed by atoms with Crippen LogP contribution in [0.3, 0.4) is 0 Å². The predicted molar refractivity (Wildman–Crippen MR) is 72.1 cm³/mol. The molecule has 1 aromatic heterocycles. The fourth-order valence-electron chi connectivity index (χ4n) is 1.76. The van der Waals surface area contributed by atoms with E-state index in [9.17, 15) is 4.79 Å². The third-order valence-corrected chi connectivity index (χ3v) is 3.03. The lowest BCUT2D eigenvalue weighted by molar-refractivity contribution is 0.174. The van der Waals surface area contributed by atoms with Gasteiger partial charge >= 0.3 is 6.03 Å². The van der Waals surface area contributed by atoms with Crippen molar-refractivity contribution in [2.24, 2.45) is 0 Å². The first-order valence-corrected chi connectivity index (χ1v) is 6.26. The second-order valence-electron chi connectivity index (χ2n) is 4.07. The molecule has 2 N–H and O–H groups in total. The third kappa shape index (κ3) is 2.65. The van der Waals surface area contributed by atoms with E-state index in [0.717, 1.165) is 0 Å². The molecule has 0 saturated carbocycles. The number of urea groups is 1. The third-order valence-electron chi connectivity index (χ3n) is 2.71. The zero-order valence-corrected chi connectivity index (χ0v) is 11.1. The quantitative estimate of drug-likeness (QED) is 0.913. The Morgan fingerprint density at radius 1 is 1.30 bits per heavy atom. The molecule has 0 saturated heterocycles. The van der Waals surface area contributed by atoms with Gasteiger partial charge in [-0.3, -0.25) is 0 Å². The number of hydrogen-bond acceptors (Lipinski definition) is 4. The van der Waals surface area contributed by atoms with Crippen LogP contribution in [0.4, 0.5) is 10.5 Å². The van der Waals surface area contributed by atoms with Crippen LogP contribution in [0.2, 0.25) is 5.02 Å². The SMILES string of the molecule is O=C(NCc1ccco1)Nc1cc2c(cc1Cl)OCO2. The molecule has 0 atom stereocenters. The van der Waals surface area contributed by atoms with E-state index < -0.39 is 0 Å². The number of anilines is 1. The number of amides is 2. The highest BCUT2D eigenvalue weighted by molar-refractivity contribution is 6.34. The minimum Gasteiger partial charge on any atom is -0.467 e. The molecule has 0 unspecified atom stereocenters. The summed E-state index contributed by atoms with van der Waals surface area (Å²) < 4.78 is 15.5. The Bertz CT molecular complexity index is 628. The molecule has 2 amide bonds. The number of hydrogen-bond donors (Lipinski definition) is 2. The van der Waals surface area contributed by atoms with Gasteiger partial charge in [0.2, 0.25) is 6.79 Å². The lowest BCUT2D eigenvalue weighted by Gasteiger charge is -2.09. The largest absolute Gasteiger partial charge is 0.467 e. The molecule has 1 aromatic carbocycles. The second-order valence-corrected chi connectivity index (χ2v) is 4.48. The Morgan fingerprint density at radius 3 is 2.85 bits per heavy atom. The van der Waals surface area contributed by atoms with E-state index in [4.69, 9.17) is 25.5 Å². The van der Waals surface area contributed by atoms with E-state index in [2.05, 4.69) is 10.6 Å². The van der Waals surface area contributed by atoms with Crippen LogP contribution < -0.4 is 20.1 Å². The van der Waals surface area contributed by atoms with Crippen LogP contribution in [0.15, 0.2) is 34.9 Å². The van der Waals surface area contributed by atoms with Crippen LogP contribution in [0, 0.1) is 0 Å². The van der Waals surface area contributed by atoms with Crippen LogP contribution in [0.1, 0.15) is 5.76 Å². The molecule has 3 rings (SSSR count). The van der Waals surface area contributed by atoms with Gasteiger partial charge in [-0.25, -0.2) is 4.79 Å². The molecule has 0 bridgehead atoms. The summed E-state index contributed by atoms with van der Waals surface area (Å²) in [5.74, 6) is 1.78. The van der Waals surface area contributed by atoms with Crippen molar-refractivity contribution < 1.29 is 18.7 Å². The first-order chi connectivity index (χ1) is 9.72. The molecular weight excluding hydrogens is 284 g/mol. The van der Waals surface area contributed by atoms with Crippen molar-refractivity contribution >= 4 is 23.3 Å². The fourth-order valence-corrected chi connectivity index (χ4v) is 1.96. The Kier molecular flexibility index (Phi) is 3.39. The summed E-state index contributed by atoms with van der Waals surface area (Å²) >= 11 is 6.06. The average molecular weight is 295 g/mol. The van der Waals surface area contributed by atoms with E-state index in [1.807, 2.05) is 0 Å². The maximum Gasteiger partial charge on any atom is 0.319 e. The summed E-state index contributed by atoms with van der Waals surface area (Å²) in [6.07, 6.45) is 1.55. The van der Waals surface area contributed by atoms with E-state index in [0.29, 0.717) is 34.5 Å². The first kappa shape index (κ1) is 12.7. The molecule has 0 radical (unpaired) electrons. The second kappa shape index (κ2) is 5.34. The summed E-state index contributed by atoms with van der Waals surface area (Å²) in [5, 5.41) is 5.67. The molecule has 0 fully saturated rings. The number of carbonyl (C=O) groups excluding carboxylic acids is 1. The van der Waals surface area contributed by atoms with Crippen molar-refractivity contribution in [3.63, 3.8) is 0 Å². The normalized spacial score (nSPS) is 12.2. The van der Waals surface area contributed by atoms with E-state index >= 15 is 0 Å². The highest BCUT2D eigenvalue weighted by Crippen LogP contribution is 2.39. The molecule has 2 aromatic rings. The fraction of sp³-hybridized carbons (Fsp3) is 0.154. The summed E-state index contributed by atoms with van der Waals surface area (Å²) in [6, 6.07) is 6.36. The molecule has 20 heavy (non-hydrogen) atoms. The van der Waals surface area contributed by atoms with Crippen LogP contribution in [-0.4, -0.2) is 12.8 Å². The van der Waals surface area contributed by atoms with Crippen molar-refractivity contribution in [2.75, 3.05) is 12.1 Å². The van der Waals surface area contributed by atoms with Gasteiger partial charge in [0.05, 0.1) is 23.5 Å². The highest BCUT2D eigenvalue weighted by Gasteiger charge is 2.17. The van der Waals surface area contributed by atoms with Gasteiger partial charge < -0.3 is 24.5 Å². The number of furan rings is 1. The van der Waals surface area contributed by atoms with Gasteiger partial charge in [-0.1, -0.05) is 11.6 Å². The van der Waals surface area contributed by atoms with Gasteiger partial charge in [0.25, 0.3) is 0 Å². The van der Waals surface area contributed by atoms with Crippen molar-refractivity contribution in [2.45, 2.75) is 6.54 Å². The minimum atomic E-state index is -0.387. The summed E-state index contributed by atoms with van der Waals surface area (Å²) in [7, 11) is 0. The summed E-state index contributed by atoms with van der Waals surface area (Å²) in [4.78, 5) is 11.8. The Balaban J connectivity index is 1.64. The number of benzene rings is 1. The highest BCUT2D eigenvalue weighted by atomic mass is 35.5. The van der Waals surface area contributed by atoms with Crippen LogP contribution >= 0.6 is 11.6 Å². The van der Waals surface area contributed by atoms with Gasteiger partial charge in [-0.15, -0.1) is 0 Å². The number of ether oxygens (including phenoxy) is 2. The maximum atomic E-state index is 11.8. The topological polar surface area (TPSA) is 72.7 Å². The lowest BCUT2D eigenvalue weighted by atomic mass is 10.3. The summed E-state index contributed by atoms with van der Waals surface area (Å²) in [5.41, 5.74) is 0.452. The molecule has 1 aliphatic rings. The molecule has 6 nitrogen and oxygen atoms in total. The minimum absolute atomic E-state index is 0.153. The van der Waals surface area contributed by atoms with E-state index in [-0.39, 0.29) is 12.8 Å². The summed E-state index contributed by atoms with van der Waals surface area (Å²) in [6.45, 7) is 0.445. The standard InChI is InChI=1S/C13H11ClN2O4/c14-9-4-11-12(20-7-19-11)5-10(9)16-13(17)15-6-8-2-1-3-18-8/h1-5H,6-7H2,(H2,15,16,17). The molecule has 0 aliphatic carbocycles. The first-order valence-electron chi connectivity index (χ1n) is 5.89. The van der Waals surface area contributed by atoms with E-state index in [1.54, 1.807) is 30.5 Å². The smallest absolute Gasteiger partial charge is 0.319 e. The predicted octanol–water partition coefficient (Wildman–Crippen LogP) is 2.98. The average Bonchev–Trinajstić information content (AvgIpc) is 3.07. The Labute approximate surface area is 119 Å². The Morgan fingerprint density at radius 2 is 2.10 bits per heavy atom. The van der Waals surface area contributed by atoms with Crippen molar-refractivity contribution in [3.8, 4) is 11.5 Å². The molecule has 104 valence electrons. The molecule has 0 spiro atoms.